The minimum atomic E-state index is -2.41. The molecule has 1 aromatic heterocycles. The summed E-state index contributed by atoms with van der Waals surface area (Å²) < 4.78 is 21.0. The number of aliphatic hydroxyl groups excluding tert-OH is 4. The zero-order valence-corrected chi connectivity index (χ0v) is 53.8. The number of nitrogens with two attached hydrogens (primary N) is 2. The molecule has 0 saturated carbocycles. The third-order valence-electron chi connectivity index (χ3n) is 16.2. The van der Waals surface area contributed by atoms with Crippen molar-refractivity contribution in [1.29, 1.82) is 0 Å². The molecular formula is C59H89N13O18S2. The van der Waals surface area contributed by atoms with E-state index < -0.39 is 170 Å². The smallest absolute Gasteiger partial charge is 0.253 e. The molecule has 5 rings (SSSR count). The maximum atomic E-state index is 15.2. The number of primary amides is 1. The molecule has 31 nitrogen and oxygen atoms in total. The molecule has 0 spiro atoms. The van der Waals surface area contributed by atoms with Gasteiger partial charge < -0.3 is 93.6 Å². The van der Waals surface area contributed by atoms with Crippen LogP contribution in [-0.4, -0.2) is 230 Å². The number of nitrogens with one attached hydrogen (secondary N) is 9. The molecule has 510 valence electrons. The number of carbonyl (C=O) groups is 12. The van der Waals surface area contributed by atoms with Gasteiger partial charge in [-0.1, -0.05) is 40.0 Å². The quantitative estimate of drug-likeness (QED) is 0.0187. The first kappa shape index (κ1) is 75.3. The van der Waals surface area contributed by atoms with Crippen molar-refractivity contribution in [3.05, 3.63) is 35.4 Å². The highest BCUT2D eigenvalue weighted by Crippen LogP contribution is 2.37. The second kappa shape index (κ2) is 37.3. The summed E-state index contributed by atoms with van der Waals surface area (Å²) in [6, 6.07) is -6.12. The van der Waals surface area contributed by atoms with Crippen molar-refractivity contribution < 1.29 is 87.3 Å². The lowest BCUT2D eigenvalue weighted by atomic mass is 9.94. The van der Waals surface area contributed by atoms with Crippen LogP contribution < -0.4 is 58.7 Å². The predicted octanol–water partition coefficient (Wildman–Crippen LogP) is -4.28. The fraction of sp³-hybridized carbons (Fsp3) is 0.627. The van der Waals surface area contributed by atoms with E-state index in [0.29, 0.717) is 92.4 Å². The molecule has 92 heavy (non-hydrogen) atoms. The molecule has 12 amide bonds. The Labute approximate surface area is 539 Å². The van der Waals surface area contributed by atoms with Crippen LogP contribution in [0.2, 0.25) is 0 Å². The topological polar surface area (TPSA) is 489 Å². The van der Waals surface area contributed by atoms with Gasteiger partial charge in [0.25, 0.3) is 11.8 Å². The van der Waals surface area contributed by atoms with Crippen LogP contribution >= 0.6 is 11.8 Å². The highest BCUT2D eigenvalue weighted by Gasteiger charge is 2.45. The Morgan fingerprint density at radius 2 is 1.53 bits per heavy atom. The number of rotatable bonds is 32. The molecule has 3 aliphatic rings. The number of thioether (sulfide) groups is 1. The van der Waals surface area contributed by atoms with Gasteiger partial charge in [-0.05, 0) is 43.7 Å². The Kier molecular flexibility index (Phi) is 30.6. The lowest BCUT2D eigenvalue weighted by molar-refractivity contribution is -0.144. The van der Waals surface area contributed by atoms with E-state index in [1.54, 1.807) is 26.0 Å². The predicted molar refractivity (Wildman–Crippen MR) is 335 cm³/mol. The van der Waals surface area contributed by atoms with Crippen LogP contribution in [0.3, 0.4) is 0 Å². The second-order valence-electron chi connectivity index (χ2n) is 22.9. The molecule has 0 bridgehead atoms. The van der Waals surface area contributed by atoms with E-state index in [-0.39, 0.29) is 59.4 Å². The SMILES string of the molecule is CC[C@H](C)[C@@H](NC(=O)CN)C(=O)NCC(=O)N[C@H]1C[S+]([O-])c2[nH]c3c(CSCCNC(=O)CCCCCNC(=O)CCCCCN4C(=O)C=CC4=O)c(OC)ccc3c2C[C@@H](CO)NC(=O)[C@H]([C@@H](C)[C@@H](O)CO)NC(=O)[C@H]2C[C@@H](O)CN2C(=O)[C@H](CC(N)=O)NC1=O. The number of H-pyrrole nitrogens is 1. The fourth-order valence-electron chi connectivity index (χ4n) is 10.7. The summed E-state index contributed by atoms with van der Waals surface area (Å²) >= 11 is -1.01. The number of aromatic nitrogens is 1. The van der Waals surface area contributed by atoms with Gasteiger partial charge in [-0.15, -0.1) is 0 Å². The summed E-state index contributed by atoms with van der Waals surface area (Å²) in [5.41, 5.74) is 12.2. The third-order valence-corrected chi connectivity index (χ3v) is 18.6. The number of nitrogens with zero attached hydrogens (tertiary/aromatic N) is 2. The zero-order chi connectivity index (χ0) is 67.8. The summed E-state index contributed by atoms with van der Waals surface area (Å²) in [6.07, 6.45) is 2.71. The summed E-state index contributed by atoms with van der Waals surface area (Å²) in [6.45, 7) is 2.43. The van der Waals surface area contributed by atoms with Crippen LogP contribution in [0.1, 0.15) is 103 Å². The van der Waals surface area contributed by atoms with Gasteiger partial charge in [0.2, 0.25) is 64.1 Å². The zero-order valence-electron chi connectivity index (χ0n) is 52.2. The number of amides is 12. The third kappa shape index (κ3) is 21.9. The first-order chi connectivity index (χ1) is 43.8. The highest BCUT2D eigenvalue weighted by atomic mass is 32.2. The van der Waals surface area contributed by atoms with E-state index in [1.165, 1.54) is 42.8 Å². The average molecular weight is 1330 g/mol. The van der Waals surface area contributed by atoms with E-state index in [4.69, 9.17) is 16.2 Å². The maximum absolute atomic E-state index is 15.2. The van der Waals surface area contributed by atoms with Gasteiger partial charge in [0.15, 0.2) is 6.04 Å². The molecule has 4 heterocycles. The number of hydrogen-bond donors (Lipinski definition) is 15. The number of aliphatic hydroxyl groups is 4. The molecule has 0 aliphatic carbocycles. The number of aromatic amines is 1. The Hall–Kier alpha value is -7.40. The Morgan fingerprint density at radius 3 is 2.16 bits per heavy atom. The molecule has 3 aliphatic heterocycles. The van der Waals surface area contributed by atoms with Crippen molar-refractivity contribution in [2.45, 2.75) is 157 Å². The summed E-state index contributed by atoms with van der Waals surface area (Å²) in [7, 11) is 1.43. The van der Waals surface area contributed by atoms with Crippen molar-refractivity contribution in [1.82, 2.24) is 57.3 Å². The van der Waals surface area contributed by atoms with Crippen LogP contribution in [0, 0.1) is 11.8 Å². The van der Waals surface area contributed by atoms with Crippen molar-refractivity contribution in [3.8, 4) is 5.75 Å². The van der Waals surface area contributed by atoms with Crippen molar-refractivity contribution in [2.24, 2.45) is 23.3 Å². The van der Waals surface area contributed by atoms with Crippen LogP contribution in [-0.2, 0) is 80.9 Å². The first-order valence-electron chi connectivity index (χ1n) is 30.7. The van der Waals surface area contributed by atoms with Gasteiger partial charge in [0.05, 0.1) is 63.6 Å². The molecule has 2 aromatic rings. The highest BCUT2D eigenvalue weighted by molar-refractivity contribution is 7.98. The van der Waals surface area contributed by atoms with Gasteiger partial charge in [0, 0.05) is 109 Å². The molecule has 1 unspecified atom stereocenters. The number of imide groups is 1. The first-order valence-corrected chi connectivity index (χ1v) is 33.2. The lowest BCUT2D eigenvalue weighted by Gasteiger charge is -2.32. The van der Waals surface area contributed by atoms with Crippen LogP contribution in [0.15, 0.2) is 29.3 Å². The number of methoxy groups -OCH3 is 1. The minimum Gasteiger partial charge on any atom is -0.610 e. The van der Waals surface area contributed by atoms with Crippen LogP contribution in [0.4, 0.5) is 0 Å². The van der Waals surface area contributed by atoms with Crippen LogP contribution in [0.5, 0.6) is 5.75 Å². The summed E-state index contributed by atoms with van der Waals surface area (Å²) in [5.74, 6) is -10.3. The van der Waals surface area contributed by atoms with E-state index in [9.17, 15) is 78.0 Å². The Balaban J connectivity index is 1.39. The molecule has 1 aromatic carbocycles. The Bertz CT molecular complexity index is 2970. The minimum absolute atomic E-state index is 0.0826. The molecule has 1 saturated heterocycles. The lowest BCUT2D eigenvalue weighted by Crippen LogP contribution is -2.61. The van der Waals surface area contributed by atoms with Gasteiger partial charge in [0.1, 0.15) is 35.7 Å². The van der Waals surface area contributed by atoms with E-state index in [2.05, 4.69) is 47.5 Å². The van der Waals surface area contributed by atoms with Crippen LogP contribution in [0.25, 0.3) is 10.9 Å². The molecular weight excluding hydrogens is 1240 g/mol. The summed E-state index contributed by atoms with van der Waals surface area (Å²) in [5, 5.41) is 63.7. The van der Waals surface area contributed by atoms with Crippen molar-refractivity contribution in [2.75, 3.05) is 71.1 Å². The normalized spacial score (nSPS) is 22.0. The molecule has 0 radical (unpaired) electrons. The number of unbranched alkanes of at least 4 members (excludes halogenated alkanes) is 4. The molecule has 33 heteroatoms. The molecule has 11 atom stereocenters. The number of hydrogen-bond acceptors (Lipinski definition) is 20. The second-order valence-corrected chi connectivity index (χ2v) is 25.5. The number of fused-ring (bicyclic) bond motifs is 4. The standard InChI is InChI=1S/C59H89N13O18S2/c1-5-32(2)51(68-47(80)25-60)56(86)64-26-48(81)66-40-31-92(89)58-37(22-34(28-73)65-57(87)52(33(3)42(76)29-74)69-55(85)41-23-35(75)27-72(41)59(88)39(24-44(61)77)67-54(40)84)36-14-15-43(90-4)38(53(36)70-58)30-91-21-19-63-46(79)12-8-6-10-18-62-45(78)13-9-7-11-20-71-49(82)16-17-50(71)83/h14-17,32-35,39-42,51-52,70,73-76H,5-13,18-31,60H2,1-4H3,(H2,61,77)(H,62,78)(H,63,79)(H,64,86)(H,65,87)(H,66,81)(H,67,84)(H,68,80)(H,69,85)/t32-,33-,34-,35+,39-,40-,41+,42-,51+,52-,92?/m0/s1. The van der Waals surface area contributed by atoms with Gasteiger partial charge in [-0.2, -0.15) is 11.8 Å². The maximum Gasteiger partial charge on any atom is 0.253 e. The fourth-order valence-corrected chi connectivity index (χ4v) is 13.0. The van der Waals surface area contributed by atoms with E-state index in [0.717, 1.165) is 4.90 Å². The van der Waals surface area contributed by atoms with E-state index in [1.807, 2.05) is 0 Å². The molecule has 17 N–H and O–H groups in total. The van der Waals surface area contributed by atoms with Gasteiger partial charge in [-0.3, -0.25) is 62.4 Å². The summed E-state index contributed by atoms with van der Waals surface area (Å²) in [4.78, 5) is 164. The Morgan fingerprint density at radius 1 is 0.859 bits per heavy atom. The van der Waals surface area contributed by atoms with Gasteiger partial charge in [-0.25, -0.2) is 0 Å². The number of carbonyl (C=O) groups excluding carboxylic acids is 12. The molecule has 1 fully saturated rings. The number of benzene rings is 1. The number of ether oxygens (including phenoxy) is 1. The van der Waals surface area contributed by atoms with Crippen molar-refractivity contribution in [3.63, 3.8) is 0 Å². The van der Waals surface area contributed by atoms with Crippen molar-refractivity contribution >= 4 is 105 Å². The monoisotopic (exact) mass is 1330 g/mol. The largest absolute Gasteiger partial charge is 0.610 e. The van der Waals surface area contributed by atoms with Gasteiger partial charge >= 0.3 is 0 Å². The van der Waals surface area contributed by atoms with E-state index >= 15 is 4.55 Å². The average Bonchev–Trinajstić information content (AvgIpc) is 1.65.